The highest BCUT2D eigenvalue weighted by Crippen LogP contribution is 2.06. The second-order valence-corrected chi connectivity index (χ2v) is 7.96. The molecule has 0 saturated heterocycles. The lowest BCUT2D eigenvalue weighted by Gasteiger charge is -2.24. The highest BCUT2D eigenvalue weighted by molar-refractivity contribution is 5.96. The van der Waals surface area contributed by atoms with Gasteiger partial charge in [-0.15, -0.1) is 0 Å². The molecule has 0 aromatic carbocycles. The third-order valence-electron chi connectivity index (χ3n) is 4.38. The number of carboxylic acid groups (broad SMARTS) is 3. The molecule has 4 amide bonds. The van der Waals surface area contributed by atoms with Gasteiger partial charge in [-0.2, -0.15) is 0 Å². The molecule has 15 heteroatoms. The third kappa shape index (κ3) is 12.3. The molecule has 0 aliphatic carbocycles. The monoisotopic (exact) mass is 489 g/mol. The van der Waals surface area contributed by atoms with Gasteiger partial charge in [0.1, 0.15) is 18.1 Å². The van der Waals surface area contributed by atoms with Gasteiger partial charge in [-0.1, -0.05) is 13.8 Å². The molecule has 0 aliphatic heterocycles. The van der Waals surface area contributed by atoms with E-state index in [-0.39, 0.29) is 25.2 Å². The Morgan fingerprint density at radius 1 is 0.735 bits per heavy atom. The largest absolute Gasteiger partial charge is 0.481 e. The van der Waals surface area contributed by atoms with E-state index in [1.54, 1.807) is 0 Å². The van der Waals surface area contributed by atoms with E-state index in [0.29, 0.717) is 0 Å². The second kappa shape index (κ2) is 14.4. The number of carbonyl (C=O) groups is 7. The summed E-state index contributed by atoms with van der Waals surface area (Å²) in [6.45, 7) is 3.63. The van der Waals surface area contributed by atoms with Crippen LogP contribution in [0.4, 0.5) is 0 Å². The fourth-order valence-corrected chi connectivity index (χ4v) is 2.75. The van der Waals surface area contributed by atoms with Crippen LogP contribution in [-0.2, 0) is 33.6 Å². The van der Waals surface area contributed by atoms with Crippen molar-refractivity contribution in [3.8, 4) is 0 Å². The minimum Gasteiger partial charge on any atom is -0.481 e. The summed E-state index contributed by atoms with van der Waals surface area (Å²) in [7, 11) is 0. The zero-order valence-electron chi connectivity index (χ0n) is 18.8. The van der Waals surface area contributed by atoms with Crippen molar-refractivity contribution in [3.63, 3.8) is 0 Å². The molecule has 192 valence electrons. The number of nitrogens with two attached hydrogens (primary N) is 2. The Kier molecular flexibility index (Phi) is 12.8. The first-order valence-corrected chi connectivity index (χ1v) is 10.2. The van der Waals surface area contributed by atoms with Crippen molar-refractivity contribution in [3.05, 3.63) is 0 Å². The zero-order valence-corrected chi connectivity index (χ0v) is 18.8. The number of aliphatic carboxylic acids is 3. The number of amides is 4. The quantitative estimate of drug-likeness (QED) is 0.109. The van der Waals surface area contributed by atoms with Gasteiger partial charge in [-0.05, 0) is 18.8 Å². The fraction of sp³-hybridized carbons (Fsp3) is 0.632. The molecule has 0 saturated carbocycles. The maximum absolute atomic E-state index is 12.7. The van der Waals surface area contributed by atoms with Crippen molar-refractivity contribution in [2.24, 2.45) is 17.4 Å². The van der Waals surface area contributed by atoms with Crippen molar-refractivity contribution in [2.45, 2.75) is 70.1 Å². The van der Waals surface area contributed by atoms with Gasteiger partial charge in [0, 0.05) is 6.42 Å². The Morgan fingerprint density at radius 3 is 1.62 bits per heavy atom. The van der Waals surface area contributed by atoms with Crippen molar-refractivity contribution in [2.75, 3.05) is 0 Å². The van der Waals surface area contributed by atoms with Crippen LogP contribution in [0, 0.1) is 5.92 Å². The average molecular weight is 489 g/mol. The molecule has 0 aromatic heterocycles. The average Bonchev–Trinajstić information content (AvgIpc) is 2.68. The second-order valence-electron chi connectivity index (χ2n) is 7.96. The first-order valence-electron chi connectivity index (χ1n) is 10.2. The van der Waals surface area contributed by atoms with Crippen LogP contribution in [-0.4, -0.2) is 81.0 Å². The lowest BCUT2D eigenvalue weighted by molar-refractivity contribution is -0.148. The maximum Gasteiger partial charge on any atom is 0.326 e. The topological polar surface area (TPSA) is 268 Å². The highest BCUT2D eigenvalue weighted by Gasteiger charge is 2.32. The summed E-state index contributed by atoms with van der Waals surface area (Å²) >= 11 is 0. The SMILES string of the molecule is CC(C)CC(N)C(=O)NC(CCC(N)=O)C(=O)NC(CC(=O)O)C(=O)NC(CC(=O)O)C(=O)O. The predicted octanol–water partition coefficient (Wildman–Crippen LogP) is -2.89. The molecule has 0 rings (SSSR count). The molecule has 0 heterocycles. The Labute approximate surface area is 194 Å². The molecule has 0 bridgehead atoms. The summed E-state index contributed by atoms with van der Waals surface area (Å²) in [5, 5.41) is 33.1. The number of carbonyl (C=O) groups excluding carboxylic acids is 4. The molecule has 10 N–H and O–H groups in total. The van der Waals surface area contributed by atoms with Crippen LogP contribution in [0.2, 0.25) is 0 Å². The van der Waals surface area contributed by atoms with Crippen molar-refractivity contribution in [1.29, 1.82) is 0 Å². The fourth-order valence-electron chi connectivity index (χ4n) is 2.75. The van der Waals surface area contributed by atoms with Gasteiger partial charge in [-0.25, -0.2) is 4.79 Å². The standard InChI is InChI=1S/C19H31N5O10/c1-8(2)5-9(20)16(30)22-10(3-4-13(21)25)17(31)23-11(6-14(26)27)18(32)24-12(19(33)34)7-15(28)29/h8-12H,3-7,20H2,1-2H3,(H2,21,25)(H,22,30)(H,23,31)(H,24,32)(H,26,27)(H,28,29)(H,33,34). The van der Waals surface area contributed by atoms with E-state index in [4.69, 9.17) is 26.8 Å². The van der Waals surface area contributed by atoms with Gasteiger partial charge >= 0.3 is 17.9 Å². The number of rotatable bonds is 16. The Hall–Kier alpha value is -3.75. The molecule has 0 aromatic rings. The van der Waals surface area contributed by atoms with E-state index in [0.717, 1.165) is 0 Å². The van der Waals surface area contributed by atoms with Gasteiger partial charge in [-0.3, -0.25) is 28.8 Å². The molecule has 0 fully saturated rings. The van der Waals surface area contributed by atoms with Crippen LogP contribution in [0.1, 0.15) is 46.0 Å². The summed E-state index contributed by atoms with van der Waals surface area (Å²) in [5.41, 5.74) is 10.9. The van der Waals surface area contributed by atoms with Gasteiger partial charge in [0.25, 0.3) is 0 Å². The summed E-state index contributed by atoms with van der Waals surface area (Å²) in [5.74, 6) is -8.59. The van der Waals surface area contributed by atoms with Crippen molar-refractivity contribution >= 4 is 41.5 Å². The molecular weight excluding hydrogens is 458 g/mol. The minimum atomic E-state index is -1.89. The van der Waals surface area contributed by atoms with Gasteiger partial charge < -0.3 is 42.7 Å². The predicted molar refractivity (Wildman–Crippen MR) is 114 cm³/mol. The van der Waals surface area contributed by atoms with E-state index < -0.39 is 78.5 Å². The van der Waals surface area contributed by atoms with Gasteiger partial charge in [0.15, 0.2) is 0 Å². The molecule has 0 spiro atoms. The van der Waals surface area contributed by atoms with Crippen LogP contribution in [0.25, 0.3) is 0 Å². The summed E-state index contributed by atoms with van der Waals surface area (Å²) < 4.78 is 0. The van der Waals surface area contributed by atoms with Crippen molar-refractivity contribution < 1.29 is 48.9 Å². The van der Waals surface area contributed by atoms with Crippen molar-refractivity contribution in [1.82, 2.24) is 16.0 Å². The van der Waals surface area contributed by atoms with E-state index in [9.17, 15) is 33.6 Å². The van der Waals surface area contributed by atoms with Crippen LogP contribution >= 0.6 is 0 Å². The summed E-state index contributed by atoms with van der Waals surface area (Å²) in [6, 6.07) is -6.12. The van der Waals surface area contributed by atoms with Crippen LogP contribution in [0.15, 0.2) is 0 Å². The Balaban J connectivity index is 5.60. The molecule has 34 heavy (non-hydrogen) atoms. The smallest absolute Gasteiger partial charge is 0.326 e. The van der Waals surface area contributed by atoms with Crippen LogP contribution < -0.4 is 27.4 Å². The zero-order chi connectivity index (χ0) is 26.6. The lowest BCUT2D eigenvalue weighted by Crippen LogP contribution is -2.57. The molecule has 0 radical (unpaired) electrons. The first-order chi connectivity index (χ1) is 15.6. The number of primary amides is 1. The van der Waals surface area contributed by atoms with Gasteiger partial charge in [0.2, 0.25) is 23.6 Å². The number of hydrogen-bond acceptors (Lipinski definition) is 8. The third-order valence-corrected chi connectivity index (χ3v) is 4.38. The summed E-state index contributed by atoms with van der Waals surface area (Å²) in [4.78, 5) is 81.8. The molecule has 4 unspecified atom stereocenters. The van der Waals surface area contributed by atoms with E-state index in [2.05, 4.69) is 10.6 Å². The first kappa shape index (κ1) is 30.2. The molecule has 0 aliphatic rings. The Morgan fingerprint density at radius 2 is 1.18 bits per heavy atom. The highest BCUT2D eigenvalue weighted by atomic mass is 16.4. The van der Waals surface area contributed by atoms with Gasteiger partial charge in [0.05, 0.1) is 18.9 Å². The normalized spacial score (nSPS) is 14.2. The number of hydrogen-bond donors (Lipinski definition) is 8. The minimum absolute atomic E-state index is 0.0512. The van der Waals surface area contributed by atoms with Crippen LogP contribution in [0.5, 0.6) is 0 Å². The maximum atomic E-state index is 12.7. The van der Waals surface area contributed by atoms with E-state index in [1.807, 2.05) is 19.2 Å². The summed E-state index contributed by atoms with van der Waals surface area (Å²) in [6.07, 6.45) is -2.34. The number of carboxylic acids is 3. The molecular formula is C19H31N5O10. The van der Waals surface area contributed by atoms with E-state index in [1.165, 1.54) is 0 Å². The molecule has 15 nitrogen and oxygen atoms in total. The Bertz CT molecular complexity index is 800. The molecule has 4 atom stereocenters. The van der Waals surface area contributed by atoms with E-state index >= 15 is 0 Å². The lowest BCUT2D eigenvalue weighted by atomic mass is 10.0. The van der Waals surface area contributed by atoms with Crippen LogP contribution in [0.3, 0.4) is 0 Å². The number of nitrogens with one attached hydrogen (secondary N) is 3.